The maximum Gasteiger partial charge on any atom is 0.252 e. The van der Waals surface area contributed by atoms with Gasteiger partial charge in [0.05, 0.1) is 5.56 Å². The molecule has 0 saturated heterocycles. The van der Waals surface area contributed by atoms with Gasteiger partial charge in [-0.1, -0.05) is 0 Å². The van der Waals surface area contributed by atoms with Gasteiger partial charge in [-0.15, -0.1) is 0 Å². The quantitative estimate of drug-likeness (QED) is 0.571. The molecule has 0 radical (unpaired) electrons. The van der Waals surface area contributed by atoms with E-state index < -0.39 is 0 Å². The molecule has 0 unspecified atom stereocenters. The highest BCUT2D eigenvalue weighted by atomic mass is 16.1. The predicted molar refractivity (Wildman–Crippen MR) is 99.5 cm³/mol. The van der Waals surface area contributed by atoms with Crippen LogP contribution in [-0.2, 0) is 0 Å². The molecular weight excluding hydrogens is 316 g/mol. The SMILES string of the molecule is CC(=O)c1ccc(Nc2ccc(C(=O)NCCCN(C)C)cn2)cc1. The second kappa shape index (κ2) is 8.94. The highest BCUT2D eigenvalue weighted by Crippen LogP contribution is 2.16. The molecule has 0 aliphatic rings. The number of aromatic nitrogens is 1. The van der Waals surface area contributed by atoms with Gasteiger partial charge in [-0.05, 0) is 70.4 Å². The van der Waals surface area contributed by atoms with Gasteiger partial charge in [0.15, 0.2) is 5.78 Å². The lowest BCUT2D eigenvalue weighted by Gasteiger charge is -2.10. The number of amides is 1. The van der Waals surface area contributed by atoms with E-state index in [9.17, 15) is 9.59 Å². The predicted octanol–water partition coefficient (Wildman–Crippen LogP) is 2.71. The van der Waals surface area contributed by atoms with Crippen LogP contribution in [0.1, 0.15) is 34.1 Å². The van der Waals surface area contributed by atoms with Crippen LogP contribution in [-0.4, -0.2) is 48.8 Å². The van der Waals surface area contributed by atoms with Crippen molar-refractivity contribution >= 4 is 23.2 Å². The first-order valence-corrected chi connectivity index (χ1v) is 8.22. The second-order valence-corrected chi connectivity index (χ2v) is 6.10. The number of nitrogens with one attached hydrogen (secondary N) is 2. The van der Waals surface area contributed by atoms with Crippen molar-refractivity contribution in [2.75, 3.05) is 32.5 Å². The number of anilines is 2. The Morgan fingerprint density at radius 2 is 1.72 bits per heavy atom. The molecule has 0 bridgehead atoms. The number of ketones is 1. The molecule has 0 aliphatic carbocycles. The molecule has 1 heterocycles. The van der Waals surface area contributed by atoms with Crippen molar-refractivity contribution in [2.45, 2.75) is 13.3 Å². The van der Waals surface area contributed by atoms with E-state index in [1.807, 2.05) is 26.2 Å². The molecule has 6 heteroatoms. The minimum absolute atomic E-state index is 0.0330. The number of carbonyl (C=O) groups excluding carboxylic acids is 2. The van der Waals surface area contributed by atoms with Crippen LogP contribution < -0.4 is 10.6 Å². The van der Waals surface area contributed by atoms with E-state index in [2.05, 4.69) is 20.5 Å². The van der Waals surface area contributed by atoms with Gasteiger partial charge in [0.25, 0.3) is 5.91 Å². The average Bonchev–Trinajstić information content (AvgIpc) is 2.59. The summed E-state index contributed by atoms with van der Waals surface area (Å²) in [6.07, 6.45) is 2.45. The van der Waals surface area contributed by atoms with Gasteiger partial charge >= 0.3 is 0 Å². The number of hydrogen-bond donors (Lipinski definition) is 2. The summed E-state index contributed by atoms with van der Waals surface area (Å²) in [6, 6.07) is 10.7. The van der Waals surface area contributed by atoms with Crippen LogP contribution in [0.15, 0.2) is 42.6 Å². The van der Waals surface area contributed by atoms with Crippen molar-refractivity contribution in [3.63, 3.8) is 0 Å². The third kappa shape index (κ3) is 6.00. The third-order valence-corrected chi connectivity index (χ3v) is 3.66. The molecule has 1 aromatic carbocycles. The van der Waals surface area contributed by atoms with Crippen molar-refractivity contribution in [1.29, 1.82) is 0 Å². The van der Waals surface area contributed by atoms with Crippen molar-refractivity contribution in [2.24, 2.45) is 0 Å². The van der Waals surface area contributed by atoms with Crippen molar-refractivity contribution in [3.05, 3.63) is 53.7 Å². The molecule has 0 atom stereocenters. The van der Waals surface area contributed by atoms with E-state index in [0.29, 0.717) is 23.5 Å². The van der Waals surface area contributed by atoms with Gasteiger partial charge in [-0.3, -0.25) is 9.59 Å². The topological polar surface area (TPSA) is 74.3 Å². The number of pyridine rings is 1. The highest BCUT2D eigenvalue weighted by molar-refractivity contribution is 5.94. The van der Waals surface area contributed by atoms with E-state index in [-0.39, 0.29) is 11.7 Å². The molecule has 0 fully saturated rings. The maximum absolute atomic E-state index is 12.0. The van der Waals surface area contributed by atoms with Crippen LogP contribution >= 0.6 is 0 Å². The second-order valence-electron chi connectivity index (χ2n) is 6.10. The van der Waals surface area contributed by atoms with Gasteiger partial charge in [-0.25, -0.2) is 4.98 Å². The van der Waals surface area contributed by atoms with Crippen molar-refractivity contribution in [1.82, 2.24) is 15.2 Å². The Bertz CT molecular complexity index is 709. The van der Waals surface area contributed by atoms with Crippen molar-refractivity contribution < 1.29 is 9.59 Å². The first kappa shape index (κ1) is 18.6. The molecule has 1 aromatic heterocycles. The van der Waals surface area contributed by atoms with Crippen LogP contribution in [0.4, 0.5) is 11.5 Å². The van der Waals surface area contributed by atoms with Gasteiger partial charge < -0.3 is 15.5 Å². The highest BCUT2D eigenvalue weighted by Gasteiger charge is 2.06. The summed E-state index contributed by atoms with van der Waals surface area (Å²) in [5, 5.41) is 6.02. The minimum atomic E-state index is -0.122. The van der Waals surface area contributed by atoms with E-state index in [4.69, 9.17) is 0 Å². The Balaban J connectivity index is 1.88. The van der Waals surface area contributed by atoms with Crippen molar-refractivity contribution in [3.8, 4) is 0 Å². The zero-order valence-corrected chi connectivity index (χ0v) is 14.9. The molecule has 2 aromatic rings. The normalized spacial score (nSPS) is 10.6. The van der Waals surface area contributed by atoms with Crippen LogP contribution in [0.3, 0.4) is 0 Å². The van der Waals surface area contributed by atoms with Gasteiger partial charge in [0.2, 0.25) is 0 Å². The first-order valence-electron chi connectivity index (χ1n) is 8.22. The first-order chi connectivity index (χ1) is 12.0. The smallest absolute Gasteiger partial charge is 0.252 e. The number of nitrogens with zero attached hydrogens (tertiary/aromatic N) is 2. The maximum atomic E-state index is 12.0. The van der Waals surface area contributed by atoms with E-state index in [1.165, 1.54) is 6.92 Å². The average molecular weight is 340 g/mol. The Morgan fingerprint density at radius 3 is 2.28 bits per heavy atom. The molecule has 6 nitrogen and oxygen atoms in total. The number of benzene rings is 1. The number of carbonyl (C=O) groups is 2. The lowest BCUT2D eigenvalue weighted by molar-refractivity contribution is 0.0951. The molecule has 0 spiro atoms. The summed E-state index contributed by atoms with van der Waals surface area (Å²) in [5.41, 5.74) is 2.03. The lowest BCUT2D eigenvalue weighted by atomic mass is 10.1. The summed E-state index contributed by atoms with van der Waals surface area (Å²) < 4.78 is 0. The lowest BCUT2D eigenvalue weighted by Crippen LogP contribution is -2.27. The molecule has 132 valence electrons. The van der Waals surface area contributed by atoms with Crippen LogP contribution in [0, 0.1) is 0 Å². The fourth-order valence-electron chi connectivity index (χ4n) is 2.24. The fourth-order valence-corrected chi connectivity index (χ4v) is 2.24. The summed E-state index contributed by atoms with van der Waals surface area (Å²) in [5.74, 6) is 0.550. The molecule has 2 rings (SSSR count). The Hall–Kier alpha value is -2.73. The molecule has 1 amide bonds. The number of rotatable bonds is 8. The van der Waals surface area contributed by atoms with Crippen LogP contribution in [0.5, 0.6) is 0 Å². The summed E-state index contributed by atoms with van der Waals surface area (Å²) in [4.78, 5) is 29.7. The van der Waals surface area contributed by atoms with E-state index in [1.54, 1.807) is 30.5 Å². The standard InChI is InChI=1S/C19H24N4O2/c1-14(24)15-5-8-17(9-6-15)22-18-10-7-16(13-21-18)19(25)20-11-4-12-23(2)3/h5-10,13H,4,11-12H2,1-3H3,(H,20,25)(H,21,22). The van der Waals surface area contributed by atoms with Gasteiger partial charge in [0, 0.05) is 24.0 Å². The Morgan fingerprint density at radius 1 is 1.04 bits per heavy atom. The zero-order valence-electron chi connectivity index (χ0n) is 14.9. The van der Waals surface area contributed by atoms with Crippen LogP contribution in [0.2, 0.25) is 0 Å². The van der Waals surface area contributed by atoms with Crippen LogP contribution in [0.25, 0.3) is 0 Å². The molecule has 0 saturated carbocycles. The minimum Gasteiger partial charge on any atom is -0.352 e. The summed E-state index contributed by atoms with van der Waals surface area (Å²) in [6.45, 7) is 3.11. The molecular formula is C19H24N4O2. The fraction of sp³-hybridized carbons (Fsp3) is 0.316. The number of hydrogen-bond acceptors (Lipinski definition) is 5. The molecule has 25 heavy (non-hydrogen) atoms. The Labute approximate surface area is 148 Å². The number of Topliss-reactive ketones (excluding diaryl/α,β-unsaturated/α-hetero) is 1. The van der Waals surface area contributed by atoms with E-state index >= 15 is 0 Å². The van der Waals surface area contributed by atoms with E-state index in [0.717, 1.165) is 18.7 Å². The largest absolute Gasteiger partial charge is 0.352 e. The summed E-state index contributed by atoms with van der Waals surface area (Å²) >= 11 is 0. The monoisotopic (exact) mass is 340 g/mol. The molecule has 0 aliphatic heterocycles. The van der Waals surface area contributed by atoms with Gasteiger partial charge in [-0.2, -0.15) is 0 Å². The summed E-state index contributed by atoms with van der Waals surface area (Å²) in [7, 11) is 4.01. The Kier molecular flexibility index (Phi) is 6.65. The molecule has 2 N–H and O–H groups in total. The van der Waals surface area contributed by atoms with Gasteiger partial charge in [0.1, 0.15) is 5.82 Å². The third-order valence-electron chi connectivity index (χ3n) is 3.66. The zero-order chi connectivity index (χ0) is 18.2.